The minimum Gasteiger partial charge on any atom is -0.497 e. The number of aliphatic hydroxyl groups is 1. The Morgan fingerprint density at radius 2 is 2.00 bits per heavy atom. The summed E-state index contributed by atoms with van der Waals surface area (Å²) in [6.07, 6.45) is 0.333. The molecular weight excluding hydrogens is 276 g/mol. The van der Waals surface area contributed by atoms with Crippen molar-refractivity contribution in [2.45, 2.75) is 18.6 Å². The molecule has 4 heteroatoms. The van der Waals surface area contributed by atoms with Crippen LogP contribution in [-0.2, 0) is 0 Å². The highest BCUT2D eigenvalue weighted by molar-refractivity contribution is 5.53. The molecule has 1 N–H and O–H groups in total. The molecular formula is C18H18N2O2. The smallest absolute Gasteiger partial charge is 0.119 e. The fraction of sp³-hybridized carbons (Fsp3) is 0.278. The third-order valence-electron chi connectivity index (χ3n) is 4.09. The molecule has 1 fully saturated rings. The summed E-state index contributed by atoms with van der Waals surface area (Å²) in [5.74, 6) is 0.818. The summed E-state index contributed by atoms with van der Waals surface area (Å²) in [7, 11) is 1.65. The molecule has 1 saturated heterocycles. The number of nitriles is 1. The standard InChI is InChI=1S/C18H18N2O2/c1-22-17-4-2-3-14(9-17)18-10-16(21)12-20(18)15-7-5-13(11-19)6-8-15/h2-9,16,18,21H,10,12H2,1H3/t16-,18+/m1/s1. The normalized spacial score (nSPS) is 20.7. The summed E-state index contributed by atoms with van der Waals surface area (Å²) in [5, 5.41) is 19.0. The van der Waals surface area contributed by atoms with Gasteiger partial charge in [-0.3, -0.25) is 0 Å². The van der Waals surface area contributed by atoms with Gasteiger partial charge in [0.25, 0.3) is 0 Å². The summed E-state index contributed by atoms with van der Waals surface area (Å²) in [5.41, 5.74) is 2.78. The molecule has 0 amide bonds. The monoisotopic (exact) mass is 294 g/mol. The summed E-state index contributed by atoms with van der Waals surface area (Å²) in [6.45, 7) is 0.591. The first-order valence-corrected chi connectivity index (χ1v) is 7.30. The molecule has 3 rings (SSSR count). The van der Waals surface area contributed by atoms with Crippen molar-refractivity contribution in [2.75, 3.05) is 18.6 Å². The van der Waals surface area contributed by atoms with Gasteiger partial charge in [-0.1, -0.05) is 12.1 Å². The van der Waals surface area contributed by atoms with Crippen LogP contribution in [0.2, 0.25) is 0 Å². The van der Waals surface area contributed by atoms with E-state index >= 15 is 0 Å². The lowest BCUT2D eigenvalue weighted by Gasteiger charge is -2.27. The fourth-order valence-electron chi connectivity index (χ4n) is 2.99. The maximum atomic E-state index is 10.1. The minimum absolute atomic E-state index is 0.109. The van der Waals surface area contributed by atoms with Crippen LogP contribution >= 0.6 is 0 Å². The quantitative estimate of drug-likeness (QED) is 0.945. The van der Waals surface area contributed by atoms with Gasteiger partial charge in [-0.15, -0.1) is 0 Å². The van der Waals surface area contributed by atoms with Crippen molar-refractivity contribution >= 4 is 5.69 Å². The average Bonchev–Trinajstić information content (AvgIpc) is 2.97. The molecule has 4 nitrogen and oxygen atoms in total. The maximum Gasteiger partial charge on any atom is 0.119 e. The number of hydrogen-bond donors (Lipinski definition) is 1. The Hall–Kier alpha value is -2.51. The topological polar surface area (TPSA) is 56.5 Å². The van der Waals surface area contributed by atoms with E-state index in [4.69, 9.17) is 10.00 Å². The van der Waals surface area contributed by atoms with Crippen LogP contribution in [0.1, 0.15) is 23.6 Å². The van der Waals surface area contributed by atoms with E-state index in [0.717, 1.165) is 17.0 Å². The third kappa shape index (κ3) is 2.76. The summed E-state index contributed by atoms with van der Waals surface area (Å²) in [4.78, 5) is 2.18. The molecule has 0 bridgehead atoms. The van der Waals surface area contributed by atoms with Crippen LogP contribution < -0.4 is 9.64 Å². The lowest BCUT2D eigenvalue weighted by atomic mass is 10.0. The summed E-state index contributed by atoms with van der Waals surface area (Å²) in [6, 6.07) is 17.7. The predicted octanol–water partition coefficient (Wildman–Crippen LogP) is 2.88. The van der Waals surface area contributed by atoms with Crippen LogP contribution in [0, 0.1) is 11.3 Å². The van der Waals surface area contributed by atoms with Crippen molar-refractivity contribution in [1.29, 1.82) is 5.26 Å². The largest absolute Gasteiger partial charge is 0.497 e. The van der Waals surface area contributed by atoms with Crippen LogP contribution in [0.5, 0.6) is 5.75 Å². The van der Waals surface area contributed by atoms with E-state index in [1.807, 2.05) is 42.5 Å². The maximum absolute atomic E-state index is 10.1. The Balaban J connectivity index is 1.92. The molecule has 0 radical (unpaired) electrons. The van der Waals surface area contributed by atoms with Crippen molar-refractivity contribution in [2.24, 2.45) is 0 Å². The second-order valence-electron chi connectivity index (χ2n) is 5.49. The van der Waals surface area contributed by atoms with Crippen molar-refractivity contribution in [3.8, 4) is 11.8 Å². The molecule has 0 saturated carbocycles. The van der Waals surface area contributed by atoms with Crippen molar-refractivity contribution in [3.63, 3.8) is 0 Å². The van der Waals surface area contributed by atoms with E-state index in [0.29, 0.717) is 18.5 Å². The van der Waals surface area contributed by atoms with Gasteiger partial charge in [0.2, 0.25) is 0 Å². The van der Waals surface area contributed by atoms with Gasteiger partial charge in [-0.05, 0) is 48.4 Å². The SMILES string of the molecule is COc1cccc([C@@H]2C[C@@H](O)CN2c2ccc(C#N)cc2)c1. The van der Waals surface area contributed by atoms with Gasteiger partial charge in [0.05, 0.1) is 30.9 Å². The lowest BCUT2D eigenvalue weighted by molar-refractivity contribution is 0.194. The summed E-state index contributed by atoms with van der Waals surface area (Å²) >= 11 is 0. The number of β-amino-alcohol motifs (C(OH)–C–C–N with tert-alkyl or cyclic N) is 1. The predicted molar refractivity (Wildman–Crippen MR) is 84.9 cm³/mol. The number of benzene rings is 2. The van der Waals surface area contributed by atoms with Gasteiger partial charge < -0.3 is 14.7 Å². The molecule has 22 heavy (non-hydrogen) atoms. The van der Waals surface area contributed by atoms with Crippen molar-refractivity contribution in [3.05, 3.63) is 59.7 Å². The third-order valence-corrected chi connectivity index (χ3v) is 4.09. The second-order valence-corrected chi connectivity index (χ2v) is 5.49. The van der Waals surface area contributed by atoms with Crippen LogP contribution in [-0.4, -0.2) is 24.9 Å². The number of nitrogens with zero attached hydrogens (tertiary/aromatic N) is 2. The lowest BCUT2D eigenvalue weighted by Crippen LogP contribution is -2.24. The highest BCUT2D eigenvalue weighted by Gasteiger charge is 2.32. The molecule has 0 aliphatic carbocycles. The average molecular weight is 294 g/mol. The number of aliphatic hydroxyl groups excluding tert-OH is 1. The molecule has 2 atom stereocenters. The van der Waals surface area contributed by atoms with Crippen LogP contribution in [0.25, 0.3) is 0 Å². The first-order valence-electron chi connectivity index (χ1n) is 7.30. The number of ether oxygens (including phenoxy) is 1. The molecule has 0 spiro atoms. The molecule has 2 aromatic carbocycles. The van der Waals surface area contributed by atoms with Crippen molar-refractivity contribution in [1.82, 2.24) is 0 Å². The molecule has 1 aliphatic heterocycles. The number of rotatable bonds is 3. The molecule has 112 valence electrons. The van der Waals surface area contributed by atoms with E-state index in [2.05, 4.69) is 17.0 Å². The zero-order valence-corrected chi connectivity index (χ0v) is 12.4. The van der Waals surface area contributed by atoms with E-state index in [1.54, 1.807) is 7.11 Å². The van der Waals surface area contributed by atoms with E-state index in [9.17, 15) is 5.11 Å². The zero-order chi connectivity index (χ0) is 15.5. The van der Waals surface area contributed by atoms with Gasteiger partial charge >= 0.3 is 0 Å². The number of methoxy groups -OCH3 is 1. The van der Waals surface area contributed by atoms with Gasteiger partial charge in [-0.25, -0.2) is 0 Å². The van der Waals surface area contributed by atoms with Gasteiger partial charge in [0, 0.05) is 12.2 Å². The van der Waals surface area contributed by atoms with Crippen molar-refractivity contribution < 1.29 is 9.84 Å². The van der Waals surface area contributed by atoms with E-state index < -0.39 is 0 Å². The van der Waals surface area contributed by atoms with Gasteiger partial charge in [-0.2, -0.15) is 5.26 Å². The second kappa shape index (κ2) is 6.08. The molecule has 1 aliphatic rings. The Morgan fingerprint density at radius 3 is 2.68 bits per heavy atom. The molecule has 0 unspecified atom stereocenters. The highest BCUT2D eigenvalue weighted by atomic mass is 16.5. The Labute approximate surface area is 130 Å². The first kappa shape index (κ1) is 14.4. The van der Waals surface area contributed by atoms with E-state index in [-0.39, 0.29) is 12.1 Å². The van der Waals surface area contributed by atoms with Crippen LogP contribution in [0.3, 0.4) is 0 Å². The number of hydrogen-bond acceptors (Lipinski definition) is 4. The Kier molecular flexibility index (Phi) is 3.99. The number of anilines is 1. The Morgan fingerprint density at radius 1 is 1.23 bits per heavy atom. The van der Waals surface area contributed by atoms with Crippen LogP contribution in [0.15, 0.2) is 48.5 Å². The zero-order valence-electron chi connectivity index (χ0n) is 12.4. The van der Waals surface area contributed by atoms with Crippen LogP contribution in [0.4, 0.5) is 5.69 Å². The fourth-order valence-corrected chi connectivity index (χ4v) is 2.99. The first-order chi connectivity index (χ1) is 10.7. The molecule has 2 aromatic rings. The van der Waals surface area contributed by atoms with Gasteiger partial charge in [0.1, 0.15) is 5.75 Å². The molecule has 0 aromatic heterocycles. The highest BCUT2D eigenvalue weighted by Crippen LogP contribution is 2.37. The van der Waals surface area contributed by atoms with E-state index in [1.165, 1.54) is 0 Å². The minimum atomic E-state index is -0.355. The Bertz CT molecular complexity index is 691. The van der Waals surface area contributed by atoms with Gasteiger partial charge in [0.15, 0.2) is 0 Å². The summed E-state index contributed by atoms with van der Waals surface area (Å²) < 4.78 is 5.30. The molecule has 1 heterocycles.